The highest BCUT2D eigenvalue weighted by Crippen LogP contribution is 2.49. The number of aromatic nitrogens is 5. The van der Waals surface area contributed by atoms with Gasteiger partial charge in [0.25, 0.3) is 0 Å². The molecule has 0 saturated heterocycles. The fourth-order valence-corrected chi connectivity index (χ4v) is 10.8. The lowest BCUT2D eigenvalue weighted by Crippen LogP contribution is -2.00. The first-order chi connectivity index (χ1) is 28.8. The summed E-state index contributed by atoms with van der Waals surface area (Å²) < 4.78 is 14.0. The third-order valence-corrected chi connectivity index (χ3v) is 13.3. The fourth-order valence-electron chi connectivity index (χ4n) is 9.66. The van der Waals surface area contributed by atoms with Crippen LogP contribution in [0.3, 0.4) is 0 Å². The van der Waals surface area contributed by atoms with Crippen LogP contribution >= 0.6 is 11.3 Å². The number of nitrogens with zero attached hydrogens (tertiary/aromatic N) is 5. The first kappa shape index (κ1) is 30.6. The van der Waals surface area contributed by atoms with Crippen LogP contribution in [0.15, 0.2) is 168 Å². The maximum absolute atomic E-state index is 6.64. The van der Waals surface area contributed by atoms with Gasteiger partial charge in [0.1, 0.15) is 11.2 Å². The van der Waals surface area contributed by atoms with Crippen LogP contribution in [-0.4, -0.2) is 23.9 Å². The maximum Gasteiger partial charge on any atom is 0.164 e. The molecule has 14 rings (SSSR count). The summed E-state index contributed by atoms with van der Waals surface area (Å²) in [6.45, 7) is 0. The molecule has 6 heterocycles. The van der Waals surface area contributed by atoms with Gasteiger partial charge >= 0.3 is 0 Å². The number of rotatable bonds is 4. The van der Waals surface area contributed by atoms with Crippen molar-refractivity contribution in [3.05, 3.63) is 164 Å². The maximum atomic E-state index is 6.64. The topological polar surface area (TPSA) is 61.2 Å². The van der Waals surface area contributed by atoms with E-state index in [-0.39, 0.29) is 0 Å². The lowest BCUT2D eigenvalue weighted by molar-refractivity contribution is 0.669. The third kappa shape index (κ3) is 3.93. The van der Waals surface area contributed by atoms with Crippen LogP contribution in [0.4, 0.5) is 0 Å². The van der Waals surface area contributed by atoms with E-state index in [4.69, 9.17) is 19.4 Å². The van der Waals surface area contributed by atoms with Crippen molar-refractivity contribution in [2.24, 2.45) is 0 Å². The first-order valence-electron chi connectivity index (χ1n) is 19.4. The van der Waals surface area contributed by atoms with E-state index in [9.17, 15) is 0 Å². The zero-order valence-electron chi connectivity index (χ0n) is 30.6. The predicted octanol–water partition coefficient (Wildman–Crippen LogP) is 13.7. The fraction of sp³-hybridized carbons (Fsp3) is 0. The molecule has 58 heavy (non-hydrogen) atoms. The van der Waals surface area contributed by atoms with Crippen LogP contribution < -0.4 is 0 Å². The minimum Gasteiger partial charge on any atom is -0.456 e. The molecule has 0 aliphatic carbocycles. The van der Waals surface area contributed by atoms with Gasteiger partial charge in [0.15, 0.2) is 17.5 Å². The van der Waals surface area contributed by atoms with Gasteiger partial charge in [-0.25, -0.2) is 15.0 Å². The van der Waals surface area contributed by atoms with Crippen molar-refractivity contribution < 1.29 is 4.42 Å². The molecule has 0 atom stereocenters. The SMILES string of the molecule is c1ccc(-c2nc(-c3ccccc3)nc(-c3ccc4sc5c(-n6c7ccc8oc9ccc%10c%11ccccc%11n%11c%12cccc6c%12c7c8c9c%10%11)cccc5c4c3)n2)cc1. The molecule has 6 aromatic heterocycles. The van der Waals surface area contributed by atoms with Gasteiger partial charge in [-0.15, -0.1) is 11.3 Å². The van der Waals surface area contributed by atoms with E-state index in [2.05, 4.69) is 112 Å². The summed E-state index contributed by atoms with van der Waals surface area (Å²) in [6.07, 6.45) is 0. The molecule has 0 saturated carbocycles. The molecule has 0 bridgehead atoms. The highest BCUT2D eigenvalue weighted by atomic mass is 32.1. The summed E-state index contributed by atoms with van der Waals surface area (Å²) in [5.41, 5.74) is 11.8. The Balaban J connectivity index is 1.04. The number of hydrogen-bond donors (Lipinski definition) is 0. The average Bonchev–Trinajstić information content (AvgIpc) is 4.02. The van der Waals surface area contributed by atoms with Gasteiger partial charge in [0.2, 0.25) is 0 Å². The molecule has 8 aromatic carbocycles. The van der Waals surface area contributed by atoms with Gasteiger partial charge in [-0.1, -0.05) is 97.1 Å². The van der Waals surface area contributed by atoms with Crippen molar-refractivity contribution in [3.8, 4) is 39.9 Å². The molecule has 0 fully saturated rings. The number of hydrogen-bond acceptors (Lipinski definition) is 5. The van der Waals surface area contributed by atoms with Gasteiger partial charge in [-0.05, 0) is 66.7 Å². The minimum absolute atomic E-state index is 0.650. The van der Waals surface area contributed by atoms with E-state index in [0.29, 0.717) is 17.5 Å². The van der Waals surface area contributed by atoms with Crippen LogP contribution in [0.5, 0.6) is 0 Å². The zero-order chi connectivity index (χ0) is 37.6. The van der Waals surface area contributed by atoms with Crippen molar-refractivity contribution in [1.29, 1.82) is 0 Å². The highest BCUT2D eigenvalue weighted by molar-refractivity contribution is 7.26. The minimum atomic E-state index is 0.650. The third-order valence-electron chi connectivity index (χ3n) is 12.1. The Morgan fingerprint density at radius 1 is 0.414 bits per heavy atom. The average molecular weight is 758 g/mol. The van der Waals surface area contributed by atoms with Crippen LogP contribution in [0.2, 0.25) is 0 Å². The second-order valence-electron chi connectivity index (χ2n) is 15.1. The van der Waals surface area contributed by atoms with Crippen molar-refractivity contribution >= 4 is 103 Å². The van der Waals surface area contributed by atoms with Gasteiger partial charge in [0, 0.05) is 59.1 Å². The Kier molecular flexibility index (Phi) is 5.82. The Morgan fingerprint density at radius 2 is 1.05 bits per heavy atom. The summed E-state index contributed by atoms with van der Waals surface area (Å²) in [5.74, 6) is 1.96. The van der Waals surface area contributed by atoms with E-state index in [0.717, 1.165) is 33.5 Å². The van der Waals surface area contributed by atoms with Crippen molar-refractivity contribution in [2.45, 2.75) is 0 Å². The molecule has 0 radical (unpaired) electrons. The zero-order valence-corrected chi connectivity index (χ0v) is 31.5. The second-order valence-corrected chi connectivity index (χ2v) is 16.2. The van der Waals surface area contributed by atoms with Crippen LogP contribution in [0.25, 0.3) is 131 Å². The standard InChI is InChI=1S/C51H27N5OS/c1-3-11-28(12-4-1)49-52-50(29-13-5-2-6-14-29)54-51(53-49)30-21-26-42-34(27-30)33-16-9-20-39(48(33)58-42)55-36-18-10-19-37-43(36)44-38(55)23-25-40-45(44)46-41(57-40)24-22-32-31-15-7-8-17-35(31)56(37)47(32)46/h1-27H. The van der Waals surface area contributed by atoms with Gasteiger partial charge in [-0.3, -0.25) is 0 Å². The Bertz CT molecular complexity index is 3910. The van der Waals surface area contributed by atoms with Crippen molar-refractivity contribution in [1.82, 2.24) is 23.9 Å². The van der Waals surface area contributed by atoms with Gasteiger partial charge < -0.3 is 13.4 Å². The highest BCUT2D eigenvalue weighted by Gasteiger charge is 2.27. The smallest absolute Gasteiger partial charge is 0.164 e. The molecular formula is C51H27N5OS. The van der Waals surface area contributed by atoms with E-state index in [1.807, 2.05) is 72.0 Å². The van der Waals surface area contributed by atoms with Gasteiger partial charge in [-0.2, -0.15) is 0 Å². The number of furan rings is 1. The lowest BCUT2D eigenvalue weighted by Gasteiger charge is -2.10. The lowest BCUT2D eigenvalue weighted by atomic mass is 10.0. The molecular weight excluding hydrogens is 731 g/mol. The van der Waals surface area contributed by atoms with Crippen LogP contribution in [0.1, 0.15) is 0 Å². The molecule has 7 heteroatoms. The number of para-hydroxylation sites is 1. The molecule has 0 unspecified atom stereocenters. The van der Waals surface area contributed by atoms with Gasteiger partial charge in [0.05, 0.1) is 43.4 Å². The molecule has 0 N–H and O–H groups in total. The summed E-state index contributed by atoms with van der Waals surface area (Å²) in [4.78, 5) is 15.0. The number of fused-ring (bicyclic) bond motifs is 7. The number of thiophene rings is 1. The Labute approximate surface area is 333 Å². The van der Waals surface area contributed by atoms with E-state index >= 15 is 0 Å². The van der Waals surface area contributed by atoms with Crippen LogP contribution in [-0.2, 0) is 0 Å². The van der Waals surface area contributed by atoms with Crippen molar-refractivity contribution in [2.75, 3.05) is 0 Å². The summed E-state index contributed by atoms with van der Waals surface area (Å²) in [6, 6.07) is 58.0. The van der Waals surface area contributed by atoms with Crippen LogP contribution in [0, 0.1) is 0 Å². The largest absolute Gasteiger partial charge is 0.456 e. The van der Waals surface area contributed by atoms with E-state index in [1.165, 1.54) is 80.1 Å². The molecule has 0 aliphatic heterocycles. The molecule has 14 aromatic rings. The molecule has 268 valence electrons. The monoisotopic (exact) mass is 757 g/mol. The van der Waals surface area contributed by atoms with E-state index < -0.39 is 0 Å². The summed E-state index contributed by atoms with van der Waals surface area (Å²) in [5, 5.41) is 9.72. The molecule has 0 amide bonds. The normalized spacial score (nSPS) is 12.5. The first-order valence-corrected chi connectivity index (χ1v) is 20.3. The second kappa shape index (κ2) is 11.0. The Morgan fingerprint density at radius 3 is 1.86 bits per heavy atom. The van der Waals surface area contributed by atoms with Crippen molar-refractivity contribution in [3.63, 3.8) is 0 Å². The predicted molar refractivity (Wildman–Crippen MR) is 239 cm³/mol. The molecule has 0 spiro atoms. The summed E-state index contributed by atoms with van der Waals surface area (Å²) in [7, 11) is 0. The summed E-state index contributed by atoms with van der Waals surface area (Å²) >= 11 is 1.83. The molecule has 6 nitrogen and oxygen atoms in total. The molecule has 0 aliphatic rings. The Hall–Kier alpha value is -7.61. The van der Waals surface area contributed by atoms with E-state index in [1.54, 1.807) is 0 Å². The number of benzene rings is 8. The quantitative estimate of drug-likeness (QED) is 0.179.